The lowest BCUT2D eigenvalue weighted by molar-refractivity contribution is 0.0814. The summed E-state index contributed by atoms with van der Waals surface area (Å²) < 4.78 is 5.19. The number of amides is 1. The third-order valence-electron chi connectivity index (χ3n) is 3.32. The van der Waals surface area contributed by atoms with E-state index in [2.05, 4.69) is 0 Å². The molecule has 2 unspecified atom stereocenters. The maximum Gasteiger partial charge on any atom is 0.410 e. The number of ether oxygens (including phenoxy) is 1. The average Bonchev–Trinajstić information content (AvgIpc) is 2.58. The Labute approximate surface area is 85.4 Å². The number of nitrogens with zero attached hydrogens (tertiary/aromatic N) is 1. The average molecular weight is 197 g/mol. The monoisotopic (exact) mass is 197 g/mol. The second-order valence-corrected chi connectivity index (χ2v) is 4.79. The van der Waals surface area contributed by atoms with Crippen molar-refractivity contribution in [2.45, 2.75) is 39.2 Å². The summed E-state index contributed by atoms with van der Waals surface area (Å²) in [4.78, 5) is 13.5. The van der Waals surface area contributed by atoms with Crippen molar-refractivity contribution in [3.63, 3.8) is 0 Å². The Morgan fingerprint density at radius 2 is 1.86 bits per heavy atom. The Bertz CT molecular complexity index is 215. The van der Waals surface area contributed by atoms with Crippen molar-refractivity contribution in [1.29, 1.82) is 0 Å². The fourth-order valence-corrected chi connectivity index (χ4v) is 2.66. The van der Waals surface area contributed by atoms with Crippen LogP contribution in [0.4, 0.5) is 4.79 Å². The quantitative estimate of drug-likeness (QED) is 0.645. The van der Waals surface area contributed by atoms with Crippen LogP contribution in [-0.4, -0.2) is 30.2 Å². The number of carbonyl (C=O) groups is 1. The van der Waals surface area contributed by atoms with Gasteiger partial charge in [0, 0.05) is 13.1 Å². The van der Waals surface area contributed by atoms with Crippen molar-refractivity contribution in [2.24, 2.45) is 11.8 Å². The Hall–Kier alpha value is -0.730. The molecule has 1 aliphatic carbocycles. The number of hydrogen-bond acceptors (Lipinski definition) is 2. The first-order valence-corrected chi connectivity index (χ1v) is 5.62. The lowest BCUT2D eigenvalue weighted by Gasteiger charge is -2.18. The Balaban J connectivity index is 1.86. The fraction of sp³-hybridized carbons (Fsp3) is 0.909. The molecule has 1 heterocycles. The van der Waals surface area contributed by atoms with E-state index in [1.165, 1.54) is 19.3 Å². The molecular weight excluding hydrogens is 178 g/mol. The largest absolute Gasteiger partial charge is 0.447 e. The van der Waals surface area contributed by atoms with Crippen LogP contribution in [0.5, 0.6) is 0 Å². The van der Waals surface area contributed by atoms with Crippen LogP contribution in [0.1, 0.15) is 33.1 Å². The van der Waals surface area contributed by atoms with Crippen molar-refractivity contribution >= 4 is 6.09 Å². The van der Waals surface area contributed by atoms with Gasteiger partial charge in [0.15, 0.2) is 0 Å². The lowest BCUT2D eigenvalue weighted by atomic mass is 10.0. The molecule has 1 saturated heterocycles. The molecule has 0 N–H and O–H groups in total. The second-order valence-electron chi connectivity index (χ2n) is 4.79. The predicted molar refractivity (Wildman–Crippen MR) is 54.0 cm³/mol. The van der Waals surface area contributed by atoms with Crippen LogP contribution in [0.3, 0.4) is 0 Å². The smallest absolute Gasteiger partial charge is 0.410 e. The van der Waals surface area contributed by atoms with Gasteiger partial charge in [-0.25, -0.2) is 4.79 Å². The Morgan fingerprint density at radius 1 is 1.29 bits per heavy atom. The Kier molecular flexibility index (Phi) is 2.66. The van der Waals surface area contributed by atoms with Gasteiger partial charge in [0.1, 0.15) is 0 Å². The summed E-state index contributed by atoms with van der Waals surface area (Å²) in [7, 11) is 0. The molecule has 1 amide bonds. The van der Waals surface area contributed by atoms with E-state index in [4.69, 9.17) is 4.74 Å². The first kappa shape index (κ1) is 9.81. The first-order chi connectivity index (χ1) is 6.66. The molecular formula is C11H19NO2. The molecule has 14 heavy (non-hydrogen) atoms. The van der Waals surface area contributed by atoms with Gasteiger partial charge in [-0.3, -0.25) is 0 Å². The number of fused-ring (bicyclic) bond motifs is 1. The van der Waals surface area contributed by atoms with Crippen molar-refractivity contribution in [1.82, 2.24) is 4.90 Å². The van der Waals surface area contributed by atoms with Gasteiger partial charge in [0.2, 0.25) is 0 Å². The normalized spacial score (nSPS) is 30.9. The van der Waals surface area contributed by atoms with E-state index >= 15 is 0 Å². The van der Waals surface area contributed by atoms with E-state index in [1.54, 1.807) is 0 Å². The molecule has 0 spiro atoms. The zero-order valence-corrected chi connectivity index (χ0v) is 9.03. The van der Waals surface area contributed by atoms with Crippen molar-refractivity contribution in [2.75, 3.05) is 13.1 Å². The van der Waals surface area contributed by atoms with Gasteiger partial charge in [-0.2, -0.15) is 0 Å². The standard InChI is InChI=1S/C11H19NO2/c1-8(2)14-11(13)12-6-9-4-3-5-10(9)7-12/h8-10H,3-7H2,1-2H3. The summed E-state index contributed by atoms with van der Waals surface area (Å²) in [5.41, 5.74) is 0. The van der Waals surface area contributed by atoms with Crippen molar-refractivity contribution < 1.29 is 9.53 Å². The highest BCUT2D eigenvalue weighted by Crippen LogP contribution is 2.37. The van der Waals surface area contributed by atoms with E-state index < -0.39 is 0 Å². The van der Waals surface area contributed by atoms with Gasteiger partial charge in [0.05, 0.1) is 6.10 Å². The van der Waals surface area contributed by atoms with Gasteiger partial charge in [-0.15, -0.1) is 0 Å². The summed E-state index contributed by atoms with van der Waals surface area (Å²) in [6, 6.07) is 0. The molecule has 2 rings (SSSR count). The zero-order valence-electron chi connectivity index (χ0n) is 9.03. The van der Waals surface area contributed by atoms with Crippen LogP contribution < -0.4 is 0 Å². The van der Waals surface area contributed by atoms with Gasteiger partial charge < -0.3 is 9.64 Å². The summed E-state index contributed by atoms with van der Waals surface area (Å²) in [5.74, 6) is 1.52. The molecule has 1 aliphatic heterocycles. The molecule has 0 radical (unpaired) electrons. The van der Waals surface area contributed by atoms with Crippen molar-refractivity contribution in [3.05, 3.63) is 0 Å². The van der Waals surface area contributed by atoms with Gasteiger partial charge >= 0.3 is 6.09 Å². The number of carbonyl (C=O) groups excluding carboxylic acids is 1. The summed E-state index contributed by atoms with van der Waals surface area (Å²) in [5, 5.41) is 0. The maximum absolute atomic E-state index is 11.6. The summed E-state index contributed by atoms with van der Waals surface area (Å²) in [6.45, 7) is 5.65. The number of hydrogen-bond donors (Lipinski definition) is 0. The molecule has 2 fully saturated rings. The van der Waals surface area contributed by atoms with E-state index in [1.807, 2.05) is 18.7 Å². The van der Waals surface area contributed by atoms with E-state index in [9.17, 15) is 4.79 Å². The molecule has 1 saturated carbocycles. The number of rotatable bonds is 1. The van der Waals surface area contributed by atoms with Gasteiger partial charge in [-0.05, 0) is 38.5 Å². The molecule has 80 valence electrons. The first-order valence-electron chi connectivity index (χ1n) is 5.62. The SMILES string of the molecule is CC(C)OC(=O)N1CC2CCCC2C1. The molecule has 2 aliphatic rings. The molecule has 0 aromatic carbocycles. The minimum atomic E-state index is -0.116. The molecule has 3 nitrogen and oxygen atoms in total. The van der Waals surface area contributed by atoms with Crippen LogP contribution >= 0.6 is 0 Å². The van der Waals surface area contributed by atoms with E-state index in [-0.39, 0.29) is 12.2 Å². The molecule has 0 aromatic heterocycles. The number of likely N-dealkylation sites (tertiary alicyclic amines) is 1. The molecule has 2 atom stereocenters. The molecule has 3 heteroatoms. The zero-order chi connectivity index (χ0) is 10.1. The van der Waals surface area contributed by atoms with Crippen LogP contribution in [0.25, 0.3) is 0 Å². The maximum atomic E-state index is 11.6. The third kappa shape index (κ3) is 1.86. The van der Waals surface area contributed by atoms with Crippen LogP contribution in [0.15, 0.2) is 0 Å². The van der Waals surface area contributed by atoms with Crippen molar-refractivity contribution in [3.8, 4) is 0 Å². The highest BCUT2D eigenvalue weighted by Gasteiger charge is 2.38. The van der Waals surface area contributed by atoms with Crippen LogP contribution in [0, 0.1) is 11.8 Å². The minimum Gasteiger partial charge on any atom is -0.447 e. The lowest BCUT2D eigenvalue weighted by Crippen LogP contribution is -2.31. The summed E-state index contributed by atoms with van der Waals surface area (Å²) in [6.07, 6.45) is 3.84. The predicted octanol–water partition coefficient (Wildman–Crippen LogP) is 2.26. The fourth-order valence-electron chi connectivity index (χ4n) is 2.66. The van der Waals surface area contributed by atoms with E-state index in [0.29, 0.717) is 0 Å². The topological polar surface area (TPSA) is 29.5 Å². The molecule has 0 bridgehead atoms. The summed E-state index contributed by atoms with van der Waals surface area (Å²) >= 11 is 0. The van der Waals surface area contributed by atoms with E-state index in [0.717, 1.165) is 24.9 Å². The highest BCUT2D eigenvalue weighted by atomic mass is 16.6. The molecule has 0 aromatic rings. The Morgan fingerprint density at radius 3 is 2.36 bits per heavy atom. The minimum absolute atomic E-state index is 0.00272. The second kappa shape index (κ2) is 3.79. The van der Waals surface area contributed by atoms with Gasteiger partial charge in [0.25, 0.3) is 0 Å². The van der Waals surface area contributed by atoms with Crippen LogP contribution in [-0.2, 0) is 4.74 Å². The van der Waals surface area contributed by atoms with Crippen LogP contribution in [0.2, 0.25) is 0 Å². The van der Waals surface area contributed by atoms with Gasteiger partial charge in [-0.1, -0.05) is 6.42 Å². The highest BCUT2D eigenvalue weighted by molar-refractivity contribution is 5.68. The third-order valence-corrected chi connectivity index (χ3v) is 3.32.